The Morgan fingerprint density at radius 3 is 2.70 bits per heavy atom. The molecule has 3 nitrogen and oxygen atoms in total. The number of thiol groups is 1. The van der Waals surface area contributed by atoms with Gasteiger partial charge >= 0.3 is 0 Å². The van der Waals surface area contributed by atoms with Crippen LogP contribution in [0.2, 0.25) is 5.02 Å². The van der Waals surface area contributed by atoms with Crippen molar-refractivity contribution in [2.24, 2.45) is 0 Å². The predicted octanol–water partition coefficient (Wildman–Crippen LogP) is 5.04. The summed E-state index contributed by atoms with van der Waals surface area (Å²) in [6, 6.07) is 14.6. The third-order valence-electron chi connectivity index (χ3n) is 4.97. The molecule has 0 aliphatic carbocycles. The van der Waals surface area contributed by atoms with Crippen molar-refractivity contribution in [3.8, 4) is 0 Å². The lowest BCUT2D eigenvalue weighted by Crippen LogP contribution is -2.35. The Morgan fingerprint density at radius 2 is 1.89 bits per heavy atom. The predicted molar refractivity (Wildman–Crippen MR) is 115 cm³/mol. The number of benzene rings is 2. The first-order valence-corrected chi connectivity index (χ1v) is 10.4. The van der Waals surface area contributed by atoms with E-state index in [4.69, 9.17) is 11.6 Å². The summed E-state index contributed by atoms with van der Waals surface area (Å²) >= 11 is 10.1. The first-order chi connectivity index (χ1) is 13.1. The van der Waals surface area contributed by atoms with Gasteiger partial charge in [0, 0.05) is 30.1 Å². The van der Waals surface area contributed by atoms with Gasteiger partial charge in [-0.3, -0.25) is 0 Å². The zero-order valence-electron chi connectivity index (χ0n) is 15.3. The Labute approximate surface area is 171 Å². The lowest BCUT2D eigenvalue weighted by molar-refractivity contribution is 0.502. The van der Waals surface area contributed by atoms with Crippen LogP contribution in [0.25, 0.3) is 0 Å². The van der Waals surface area contributed by atoms with Crippen LogP contribution in [-0.4, -0.2) is 25.7 Å². The molecule has 1 aliphatic rings. The minimum absolute atomic E-state index is 0.268. The standard InChI is InChI=1S/C21H27ClFN3S/c22-17-12-21(27)18(23)13-20(17)25-11-5-4-10-24-14-16-8-9-19(26-16)15-6-2-1-3-7-15/h1-3,6-7,12-13,16,19,24-27H,4-5,8-11,14H2/t16-,19+/m0/s1. The summed E-state index contributed by atoms with van der Waals surface area (Å²) in [5.41, 5.74) is 2.01. The van der Waals surface area contributed by atoms with E-state index in [2.05, 4.69) is 58.9 Å². The molecule has 0 amide bonds. The van der Waals surface area contributed by atoms with Crippen molar-refractivity contribution < 1.29 is 4.39 Å². The highest BCUT2D eigenvalue weighted by Gasteiger charge is 2.23. The van der Waals surface area contributed by atoms with Crippen molar-refractivity contribution in [1.29, 1.82) is 0 Å². The van der Waals surface area contributed by atoms with Crippen LogP contribution in [0.4, 0.5) is 10.1 Å². The first-order valence-electron chi connectivity index (χ1n) is 9.57. The molecule has 146 valence electrons. The maximum Gasteiger partial charge on any atom is 0.138 e. The molecule has 3 rings (SSSR count). The van der Waals surface area contributed by atoms with Crippen molar-refractivity contribution in [3.05, 3.63) is 58.9 Å². The van der Waals surface area contributed by atoms with Crippen LogP contribution in [0.1, 0.15) is 37.3 Å². The van der Waals surface area contributed by atoms with Gasteiger partial charge in [-0.2, -0.15) is 0 Å². The van der Waals surface area contributed by atoms with E-state index in [1.54, 1.807) is 0 Å². The number of rotatable bonds is 9. The highest BCUT2D eigenvalue weighted by molar-refractivity contribution is 7.80. The smallest absolute Gasteiger partial charge is 0.138 e. The highest BCUT2D eigenvalue weighted by atomic mass is 35.5. The SMILES string of the molecule is Fc1cc(NCCCCNC[C@@H]2CC[C@H](c3ccccc3)N2)c(Cl)cc1S. The maximum absolute atomic E-state index is 13.5. The van der Waals surface area contributed by atoms with Crippen molar-refractivity contribution in [1.82, 2.24) is 10.6 Å². The average Bonchev–Trinajstić information content (AvgIpc) is 3.14. The van der Waals surface area contributed by atoms with Crippen LogP contribution in [0.15, 0.2) is 47.4 Å². The molecule has 0 saturated carbocycles. The van der Waals surface area contributed by atoms with Crippen LogP contribution >= 0.6 is 24.2 Å². The van der Waals surface area contributed by atoms with Crippen LogP contribution in [0, 0.1) is 5.82 Å². The van der Waals surface area contributed by atoms with Gasteiger partial charge in [-0.25, -0.2) is 4.39 Å². The van der Waals surface area contributed by atoms with Crippen LogP contribution in [0.5, 0.6) is 0 Å². The van der Waals surface area contributed by atoms with E-state index in [-0.39, 0.29) is 10.7 Å². The van der Waals surface area contributed by atoms with Gasteiger partial charge in [-0.05, 0) is 49.9 Å². The minimum atomic E-state index is -0.357. The van der Waals surface area contributed by atoms with Crippen LogP contribution in [-0.2, 0) is 0 Å². The largest absolute Gasteiger partial charge is 0.384 e. The van der Waals surface area contributed by atoms with Gasteiger partial charge in [0.05, 0.1) is 10.7 Å². The topological polar surface area (TPSA) is 36.1 Å². The quantitative estimate of drug-likeness (QED) is 0.347. The average molecular weight is 408 g/mol. The third-order valence-corrected chi connectivity index (χ3v) is 5.62. The second-order valence-corrected chi connectivity index (χ2v) is 7.91. The molecule has 1 heterocycles. The van der Waals surface area contributed by atoms with E-state index in [0.29, 0.717) is 22.8 Å². The summed E-state index contributed by atoms with van der Waals surface area (Å²) in [7, 11) is 0. The molecular formula is C21H27ClFN3S. The van der Waals surface area contributed by atoms with Crippen molar-refractivity contribution >= 4 is 29.9 Å². The molecule has 0 bridgehead atoms. The number of halogens is 2. The summed E-state index contributed by atoms with van der Waals surface area (Å²) in [4.78, 5) is 0.268. The molecule has 27 heavy (non-hydrogen) atoms. The normalized spacial score (nSPS) is 19.4. The first kappa shape index (κ1) is 20.5. The number of hydrogen-bond donors (Lipinski definition) is 4. The van der Waals surface area contributed by atoms with Gasteiger partial charge in [0.25, 0.3) is 0 Å². The molecule has 1 saturated heterocycles. The van der Waals surface area contributed by atoms with Gasteiger partial charge in [-0.15, -0.1) is 12.6 Å². The third kappa shape index (κ3) is 6.11. The van der Waals surface area contributed by atoms with E-state index in [1.165, 1.54) is 30.5 Å². The van der Waals surface area contributed by atoms with Crippen molar-refractivity contribution in [2.75, 3.05) is 25.0 Å². The number of hydrogen-bond acceptors (Lipinski definition) is 4. The van der Waals surface area contributed by atoms with E-state index >= 15 is 0 Å². The Bertz CT molecular complexity index is 729. The summed E-state index contributed by atoms with van der Waals surface area (Å²) in [6.07, 6.45) is 4.47. The molecule has 2 atom stereocenters. The Morgan fingerprint density at radius 1 is 1.11 bits per heavy atom. The minimum Gasteiger partial charge on any atom is -0.384 e. The second-order valence-electron chi connectivity index (χ2n) is 7.03. The van der Waals surface area contributed by atoms with E-state index in [9.17, 15) is 4.39 Å². The summed E-state index contributed by atoms with van der Waals surface area (Å²) in [5, 5.41) is 10.9. The Hall–Kier alpha value is -1.27. The van der Waals surface area contributed by atoms with E-state index in [0.717, 1.165) is 32.5 Å². The Balaban J connectivity index is 1.27. The molecule has 1 fully saturated rings. The molecule has 0 unspecified atom stereocenters. The molecular weight excluding hydrogens is 381 g/mol. The zero-order chi connectivity index (χ0) is 19.1. The zero-order valence-corrected chi connectivity index (χ0v) is 17.0. The van der Waals surface area contributed by atoms with Crippen LogP contribution in [0.3, 0.4) is 0 Å². The molecule has 3 N–H and O–H groups in total. The molecule has 2 aromatic rings. The van der Waals surface area contributed by atoms with Gasteiger partial charge in [0.2, 0.25) is 0 Å². The maximum atomic E-state index is 13.5. The highest BCUT2D eigenvalue weighted by Crippen LogP contribution is 2.27. The number of unbranched alkanes of at least 4 members (excludes halogenated alkanes) is 1. The van der Waals surface area contributed by atoms with Crippen molar-refractivity contribution in [3.63, 3.8) is 0 Å². The molecule has 6 heteroatoms. The van der Waals surface area contributed by atoms with E-state index < -0.39 is 0 Å². The second kappa shape index (κ2) is 10.3. The fourth-order valence-corrected chi connectivity index (χ4v) is 3.97. The number of anilines is 1. The molecule has 0 spiro atoms. The summed E-state index contributed by atoms with van der Waals surface area (Å²) < 4.78 is 13.5. The van der Waals surface area contributed by atoms with Gasteiger partial charge in [0.15, 0.2) is 0 Å². The summed E-state index contributed by atoms with van der Waals surface area (Å²) in [5.74, 6) is -0.357. The van der Waals surface area contributed by atoms with Gasteiger partial charge in [0.1, 0.15) is 5.82 Å². The Kier molecular flexibility index (Phi) is 7.82. The molecule has 1 aliphatic heterocycles. The van der Waals surface area contributed by atoms with Crippen molar-refractivity contribution in [2.45, 2.75) is 42.7 Å². The summed E-state index contributed by atoms with van der Waals surface area (Å²) in [6.45, 7) is 2.75. The fourth-order valence-electron chi connectivity index (χ4n) is 3.47. The lowest BCUT2D eigenvalue weighted by atomic mass is 10.1. The van der Waals surface area contributed by atoms with Gasteiger partial charge < -0.3 is 16.0 Å². The van der Waals surface area contributed by atoms with Gasteiger partial charge in [-0.1, -0.05) is 41.9 Å². The monoisotopic (exact) mass is 407 g/mol. The molecule has 0 aromatic heterocycles. The lowest BCUT2D eigenvalue weighted by Gasteiger charge is -2.15. The van der Waals surface area contributed by atoms with Crippen LogP contribution < -0.4 is 16.0 Å². The molecule has 2 aromatic carbocycles. The fraction of sp³-hybridized carbons (Fsp3) is 0.429. The molecule has 0 radical (unpaired) electrons. The van der Waals surface area contributed by atoms with E-state index in [1.807, 2.05) is 0 Å². The number of nitrogens with one attached hydrogen (secondary N) is 3.